The van der Waals surface area contributed by atoms with E-state index in [1.807, 2.05) is 11.3 Å². The molecule has 0 aliphatic heterocycles. The van der Waals surface area contributed by atoms with E-state index in [-0.39, 0.29) is 22.2 Å². The molecule has 67 heavy (non-hydrogen) atoms. The molecule has 0 saturated carbocycles. The van der Waals surface area contributed by atoms with Crippen molar-refractivity contribution in [2.24, 2.45) is 0 Å². The lowest BCUT2D eigenvalue weighted by Gasteiger charge is -2.26. The van der Waals surface area contributed by atoms with Crippen LogP contribution in [0, 0.1) is 0 Å². The molecule has 1 unspecified atom stereocenters. The molecule has 3 aliphatic rings. The van der Waals surface area contributed by atoms with Gasteiger partial charge in [0.2, 0.25) is 0 Å². The van der Waals surface area contributed by atoms with Crippen LogP contribution < -0.4 is 0 Å². The largest absolute Gasteiger partial charge is 0.135 e. The van der Waals surface area contributed by atoms with Gasteiger partial charge in [0, 0.05) is 42.3 Å². The molecule has 9 aromatic carbocycles. The Balaban J connectivity index is 0.853. The Kier molecular flexibility index (Phi) is 8.82. The van der Waals surface area contributed by atoms with Gasteiger partial charge in [0.15, 0.2) is 0 Å². The third kappa shape index (κ3) is 6.10. The molecular weight excluding hydrogens is 825 g/mol. The van der Waals surface area contributed by atoms with Gasteiger partial charge in [-0.25, -0.2) is 0 Å². The second-order valence-corrected chi connectivity index (χ2v) is 22.3. The summed E-state index contributed by atoms with van der Waals surface area (Å²) >= 11 is 1.89. The lowest BCUT2D eigenvalue weighted by molar-refractivity contribution is 0.648. The van der Waals surface area contributed by atoms with Gasteiger partial charge in [0.05, 0.1) is 0 Å². The van der Waals surface area contributed by atoms with Gasteiger partial charge in [-0.05, 0) is 149 Å². The predicted molar refractivity (Wildman–Crippen MR) is 286 cm³/mol. The van der Waals surface area contributed by atoms with E-state index in [2.05, 4.69) is 230 Å². The first kappa shape index (κ1) is 40.5. The van der Waals surface area contributed by atoms with Gasteiger partial charge in [-0.3, -0.25) is 0 Å². The Morgan fingerprint density at radius 1 is 0.343 bits per heavy atom. The Labute approximate surface area is 399 Å². The van der Waals surface area contributed by atoms with Gasteiger partial charge in [0.25, 0.3) is 0 Å². The minimum absolute atomic E-state index is 0.0595. The van der Waals surface area contributed by atoms with Crippen LogP contribution in [0.2, 0.25) is 0 Å². The maximum absolute atomic E-state index is 2.58. The fourth-order valence-electron chi connectivity index (χ4n) is 12.6. The molecule has 1 aromatic heterocycles. The zero-order valence-corrected chi connectivity index (χ0v) is 40.1. The van der Waals surface area contributed by atoms with Crippen molar-refractivity contribution in [3.8, 4) is 55.6 Å². The minimum Gasteiger partial charge on any atom is -0.135 e. The predicted octanol–water partition coefficient (Wildman–Crippen LogP) is 18.1. The maximum Gasteiger partial charge on any atom is 0.0355 e. The third-order valence-corrected chi connectivity index (χ3v) is 17.5. The molecule has 1 atom stereocenters. The van der Waals surface area contributed by atoms with E-state index in [9.17, 15) is 0 Å². The van der Waals surface area contributed by atoms with Crippen LogP contribution in [0.4, 0.5) is 0 Å². The molecule has 0 bridgehead atoms. The summed E-state index contributed by atoms with van der Waals surface area (Å²) in [4.78, 5) is 0. The summed E-state index contributed by atoms with van der Waals surface area (Å²) < 4.78 is 2.70. The summed E-state index contributed by atoms with van der Waals surface area (Å²) in [7, 11) is 0. The lowest BCUT2D eigenvalue weighted by Crippen LogP contribution is -2.17. The molecule has 0 fully saturated rings. The average Bonchev–Trinajstić information content (AvgIpc) is 3.99. The highest BCUT2D eigenvalue weighted by Gasteiger charge is 2.39. The topological polar surface area (TPSA) is 0 Å². The third-order valence-electron chi connectivity index (χ3n) is 16.4. The Morgan fingerprint density at radius 2 is 0.806 bits per heavy atom. The van der Waals surface area contributed by atoms with Crippen molar-refractivity contribution >= 4 is 31.5 Å². The van der Waals surface area contributed by atoms with Gasteiger partial charge in [0.1, 0.15) is 0 Å². The van der Waals surface area contributed by atoms with Crippen molar-refractivity contribution in [3.05, 3.63) is 238 Å². The number of fused-ring (bicyclic) bond motifs is 12. The fourth-order valence-corrected chi connectivity index (χ4v) is 13.7. The van der Waals surface area contributed by atoms with Crippen molar-refractivity contribution in [1.29, 1.82) is 0 Å². The van der Waals surface area contributed by atoms with E-state index in [4.69, 9.17) is 0 Å². The van der Waals surface area contributed by atoms with Crippen molar-refractivity contribution < 1.29 is 0 Å². The number of rotatable bonds is 7. The number of hydrogen-bond acceptors (Lipinski definition) is 1. The summed E-state index contributed by atoms with van der Waals surface area (Å²) in [5.41, 5.74) is 25.9. The lowest BCUT2D eigenvalue weighted by atomic mass is 9.77. The average molecular weight is 879 g/mol. The zero-order valence-electron chi connectivity index (χ0n) is 39.3. The first-order valence-corrected chi connectivity index (χ1v) is 25.1. The summed E-state index contributed by atoms with van der Waals surface area (Å²) in [6.07, 6.45) is 2.01. The molecule has 0 saturated heterocycles. The highest BCUT2D eigenvalue weighted by atomic mass is 32.1. The van der Waals surface area contributed by atoms with Crippen LogP contribution in [-0.2, 0) is 22.7 Å². The second-order valence-electron chi connectivity index (χ2n) is 21.2. The normalized spacial score (nSPS) is 15.7. The van der Waals surface area contributed by atoms with E-state index < -0.39 is 0 Å². The van der Waals surface area contributed by atoms with Crippen molar-refractivity contribution in [3.63, 3.8) is 0 Å². The molecule has 1 heterocycles. The van der Waals surface area contributed by atoms with Gasteiger partial charge >= 0.3 is 0 Å². The molecule has 3 aliphatic carbocycles. The Hall–Kier alpha value is -6.80. The van der Waals surface area contributed by atoms with Gasteiger partial charge in [-0.15, -0.1) is 11.3 Å². The fraction of sp³-hybridized carbons (Fsp3) is 0.182. The monoisotopic (exact) mass is 878 g/mol. The molecule has 0 amide bonds. The van der Waals surface area contributed by atoms with E-state index in [0.29, 0.717) is 0 Å². The van der Waals surface area contributed by atoms with Crippen LogP contribution in [0.3, 0.4) is 0 Å². The number of aryl methyl sites for hydroxylation is 1. The second kappa shape index (κ2) is 14.6. The Morgan fingerprint density at radius 3 is 1.48 bits per heavy atom. The van der Waals surface area contributed by atoms with Crippen LogP contribution in [0.25, 0.3) is 75.8 Å². The SMILES string of the molecule is CC1(C)c2cc(CCC(c3ccc4c(c3)C(C)(C)c3ccccc3-4)c3ccc4c(c3)C(C)(C)c3cc(-c5ccccc5)ccc3-4)ccc2-c2ccc(-c3ccc4sc5ccccc5c4c3)cc21. The van der Waals surface area contributed by atoms with Crippen LogP contribution in [0.5, 0.6) is 0 Å². The van der Waals surface area contributed by atoms with Crippen LogP contribution >= 0.6 is 11.3 Å². The standard InChI is InChI=1S/C66H54S/c1-64(2)56-18-12-10-16-48(56)50-31-24-45(38-60(50)64)47(46-25-32-53-52-29-22-43(41-14-8-7-9-15-41)36-58(52)66(5,6)61(53)39-46)27-20-40-21-28-49-51-30-23-44(37-59(51)65(3,4)57(49)34-40)42-26-33-63-55(35-42)54-17-11-13-19-62(54)67-63/h7-19,21-26,28-39,47H,20,27H2,1-6H3. The van der Waals surface area contributed by atoms with Crippen LogP contribution in [0.1, 0.15) is 104 Å². The van der Waals surface area contributed by atoms with E-state index in [0.717, 1.165) is 12.8 Å². The van der Waals surface area contributed by atoms with Crippen LogP contribution in [-0.4, -0.2) is 0 Å². The maximum atomic E-state index is 2.58. The molecule has 10 aromatic rings. The number of thiophene rings is 1. The van der Waals surface area contributed by atoms with Crippen LogP contribution in [0.15, 0.2) is 188 Å². The molecule has 0 N–H and O–H groups in total. The molecule has 0 radical (unpaired) electrons. The number of hydrogen-bond donors (Lipinski definition) is 0. The van der Waals surface area contributed by atoms with Gasteiger partial charge in [-0.1, -0.05) is 199 Å². The molecular formula is C66H54S. The first-order valence-electron chi connectivity index (χ1n) is 24.2. The minimum atomic E-state index is -0.122. The summed E-state index contributed by atoms with van der Waals surface area (Å²) in [6, 6.07) is 72.3. The van der Waals surface area contributed by atoms with Crippen molar-refractivity contribution in [2.45, 2.75) is 76.5 Å². The Bertz CT molecular complexity index is 3670. The quantitative estimate of drug-likeness (QED) is 0.150. The zero-order chi connectivity index (χ0) is 45.4. The van der Waals surface area contributed by atoms with Crippen molar-refractivity contribution in [2.75, 3.05) is 0 Å². The highest BCUT2D eigenvalue weighted by molar-refractivity contribution is 7.25. The van der Waals surface area contributed by atoms with Gasteiger partial charge in [-0.2, -0.15) is 0 Å². The van der Waals surface area contributed by atoms with Crippen molar-refractivity contribution in [1.82, 2.24) is 0 Å². The van der Waals surface area contributed by atoms with E-state index >= 15 is 0 Å². The highest BCUT2D eigenvalue weighted by Crippen LogP contribution is 2.54. The van der Waals surface area contributed by atoms with E-state index in [1.165, 1.54) is 126 Å². The first-order chi connectivity index (χ1) is 32.4. The van der Waals surface area contributed by atoms with E-state index in [1.54, 1.807) is 0 Å². The molecule has 324 valence electrons. The van der Waals surface area contributed by atoms with Gasteiger partial charge < -0.3 is 0 Å². The number of benzene rings is 9. The smallest absolute Gasteiger partial charge is 0.0355 e. The summed E-state index contributed by atoms with van der Waals surface area (Å²) in [5.74, 6) is 0.230. The summed E-state index contributed by atoms with van der Waals surface area (Å²) in [5, 5.41) is 2.70. The molecule has 0 spiro atoms. The molecule has 1 heteroatoms. The molecule has 13 rings (SSSR count). The molecule has 0 nitrogen and oxygen atoms in total. The summed E-state index contributed by atoms with van der Waals surface area (Å²) in [6.45, 7) is 14.5.